The van der Waals surface area contributed by atoms with Gasteiger partial charge in [-0.05, 0) is 62.9 Å². The molecule has 0 radical (unpaired) electrons. The molecule has 1 aliphatic rings. The summed E-state index contributed by atoms with van der Waals surface area (Å²) >= 11 is 0. The van der Waals surface area contributed by atoms with Crippen LogP contribution in [0.5, 0.6) is 11.5 Å². The Balaban J connectivity index is 1.90. The smallest absolute Gasteiger partial charge is 0.158 e. The number of rotatable bonds is 8. The van der Waals surface area contributed by atoms with E-state index in [2.05, 4.69) is 0 Å². The summed E-state index contributed by atoms with van der Waals surface area (Å²) in [6, 6.07) is 10.1. The van der Waals surface area contributed by atoms with Crippen molar-refractivity contribution >= 4 is 0 Å². The normalized spacial score (nSPS) is 17.2. The molecule has 158 valence electrons. The molecule has 0 aliphatic carbocycles. The molecule has 0 aromatic heterocycles. The lowest BCUT2D eigenvalue weighted by molar-refractivity contribution is -0.168. The van der Waals surface area contributed by atoms with Gasteiger partial charge < -0.3 is 24.1 Å². The number of benzene rings is 2. The van der Waals surface area contributed by atoms with Crippen molar-refractivity contribution in [2.24, 2.45) is 0 Å². The van der Waals surface area contributed by atoms with Crippen molar-refractivity contribution in [2.75, 3.05) is 20.3 Å². The second-order valence-electron chi connectivity index (χ2n) is 7.80. The molecule has 29 heavy (non-hydrogen) atoms. The Morgan fingerprint density at radius 2 is 1.97 bits per heavy atom. The second kappa shape index (κ2) is 9.57. The fourth-order valence-corrected chi connectivity index (χ4v) is 3.16. The van der Waals surface area contributed by atoms with Crippen LogP contribution in [-0.2, 0) is 16.1 Å². The lowest BCUT2D eigenvalue weighted by Crippen LogP contribution is -2.32. The molecule has 1 unspecified atom stereocenters. The summed E-state index contributed by atoms with van der Waals surface area (Å²) in [6.45, 7) is 4.46. The summed E-state index contributed by atoms with van der Waals surface area (Å²) in [5.41, 5.74) is 1.02. The van der Waals surface area contributed by atoms with Crippen molar-refractivity contribution in [3.63, 3.8) is 0 Å². The molecule has 2 aromatic carbocycles. The van der Waals surface area contributed by atoms with Crippen molar-refractivity contribution in [1.82, 2.24) is 0 Å². The van der Waals surface area contributed by atoms with Crippen molar-refractivity contribution in [3.8, 4) is 22.6 Å². The third-order valence-electron chi connectivity index (χ3n) is 4.85. The van der Waals surface area contributed by atoms with Crippen LogP contribution in [0.2, 0.25) is 0 Å². The minimum atomic E-state index is -0.823. The first-order valence-corrected chi connectivity index (χ1v) is 9.92. The van der Waals surface area contributed by atoms with E-state index in [1.54, 1.807) is 32.0 Å². The SMILES string of the molecule is COc1ccc(F)c(-c2ccc(COC3CCCCO3)cc2OC(C)(C)CO)c1. The molecule has 0 spiro atoms. The van der Waals surface area contributed by atoms with Gasteiger partial charge in [-0.1, -0.05) is 12.1 Å². The predicted molar refractivity (Wildman–Crippen MR) is 109 cm³/mol. The minimum absolute atomic E-state index is 0.177. The topological polar surface area (TPSA) is 57.2 Å². The highest BCUT2D eigenvalue weighted by Gasteiger charge is 2.22. The molecule has 1 N–H and O–H groups in total. The Morgan fingerprint density at radius 1 is 1.14 bits per heavy atom. The van der Waals surface area contributed by atoms with Gasteiger partial charge in [-0.3, -0.25) is 0 Å². The van der Waals surface area contributed by atoms with Crippen molar-refractivity contribution in [3.05, 3.63) is 47.8 Å². The van der Waals surface area contributed by atoms with Crippen LogP contribution in [0.4, 0.5) is 4.39 Å². The Morgan fingerprint density at radius 3 is 2.66 bits per heavy atom. The maximum absolute atomic E-state index is 14.6. The van der Waals surface area contributed by atoms with E-state index >= 15 is 0 Å². The van der Waals surface area contributed by atoms with Gasteiger partial charge in [0.1, 0.15) is 22.9 Å². The molecule has 1 heterocycles. The third kappa shape index (κ3) is 5.69. The van der Waals surface area contributed by atoms with E-state index in [9.17, 15) is 9.50 Å². The standard InChI is InChI=1S/C23H29FO5/c1-23(2,15-25)29-21-12-16(14-28-22-6-4-5-11-27-22)7-9-18(21)19-13-17(26-3)8-10-20(19)24/h7-10,12-13,22,25H,4-6,11,14-15H2,1-3H3. The molecule has 1 atom stereocenters. The molecule has 0 amide bonds. The van der Waals surface area contributed by atoms with Crippen LogP contribution in [0.1, 0.15) is 38.7 Å². The Hall–Kier alpha value is -2.15. The quantitative estimate of drug-likeness (QED) is 0.691. The highest BCUT2D eigenvalue weighted by molar-refractivity contribution is 5.72. The lowest BCUT2D eigenvalue weighted by atomic mass is 10.0. The maximum atomic E-state index is 14.6. The predicted octanol–water partition coefficient (Wildman–Crippen LogP) is 4.69. The molecule has 6 heteroatoms. The molecular formula is C23H29FO5. The molecule has 5 nitrogen and oxygen atoms in total. The number of halogens is 1. The number of methoxy groups -OCH3 is 1. The summed E-state index contributed by atoms with van der Waals surface area (Å²) < 4.78 is 37.3. The van der Waals surface area contributed by atoms with Crippen molar-refractivity contribution in [2.45, 2.75) is 51.6 Å². The number of aliphatic hydroxyl groups excluding tert-OH is 1. The minimum Gasteiger partial charge on any atom is -0.497 e. The molecule has 0 bridgehead atoms. The largest absolute Gasteiger partial charge is 0.497 e. The fourth-order valence-electron chi connectivity index (χ4n) is 3.16. The summed E-state index contributed by atoms with van der Waals surface area (Å²) in [7, 11) is 1.54. The van der Waals surface area contributed by atoms with Crippen LogP contribution in [0, 0.1) is 5.82 Å². The van der Waals surface area contributed by atoms with Crippen LogP contribution in [0.3, 0.4) is 0 Å². The average Bonchev–Trinajstić information content (AvgIpc) is 2.73. The van der Waals surface area contributed by atoms with Gasteiger partial charge in [0.05, 0.1) is 20.3 Å². The monoisotopic (exact) mass is 404 g/mol. The van der Waals surface area contributed by atoms with Crippen LogP contribution in [0.25, 0.3) is 11.1 Å². The van der Waals surface area contributed by atoms with Crippen LogP contribution in [-0.4, -0.2) is 37.3 Å². The first-order valence-electron chi connectivity index (χ1n) is 9.92. The first kappa shape index (κ1) is 21.6. The van der Waals surface area contributed by atoms with E-state index in [1.807, 2.05) is 12.1 Å². The fraction of sp³-hybridized carbons (Fsp3) is 0.478. The van der Waals surface area contributed by atoms with E-state index in [0.29, 0.717) is 29.2 Å². The van der Waals surface area contributed by atoms with Gasteiger partial charge in [-0.2, -0.15) is 0 Å². The molecule has 3 rings (SSSR count). The van der Waals surface area contributed by atoms with E-state index in [-0.39, 0.29) is 18.7 Å². The maximum Gasteiger partial charge on any atom is 0.158 e. The molecule has 1 saturated heterocycles. The Bertz CT molecular complexity index is 815. The zero-order valence-corrected chi connectivity index (χ0v) is 17.2. The van der Waals surface area contributed by atoms with Gasteiger partial charge in [0.2, 0.25) is 0 Å². The first-order chi connectivity index (χ1) is 13.9. The highest BCUT2D eigenvalue weighted by Crippen LogP contribution is 2.37. The zero-order valence-electron chi connectivity index (χ0n) is 17.2. The van der Waals surface area contributed by atoms with E-state index in [4.69, 9.17) is 18.9 Å². The Kier molecular flexibility index (Phi) is 7.11. The summed E-state index contributed by atoms with van der Waals surface area (Å²) in [5, 5.41) is 9.64. The van der Waals surface area contributed by atoms with Crippen LogP contribution < -0.4 is 9.47 Å². The summed E-state index contributed by atoms with van der Waals surface area (Å²) in [6.07, 6.45) is 2.85. The number of hydrogen-bond acceptors (Lipinski definition) is 5. The molecule has 0 saturated carbocycles. The van der Waals surface area contributed by atoms with E-state index in [0.717, 1.165) is 31.4 Å². The lowest BCUT2D eigenvalue weighted by Gasteiger charge is -2.27. The van der Waals surface area contributed by atoms with Gasteiger partial charge in [0.25, 0.3) is 0 Å². The third-order valence-corrected chi connectivity index (χ3v) is 4.85. The van der Waals surface area contributed by atoms with E-state index < -0.39 is 5.60 Å². The van der Waals surface area contributed by atoms with Crippen molar-refractivity contribution in [1.29, 1.82) is 0 Å². The average molecular weight is 404 g/mol. The summed E-state index contributed by atoms with van der Waals surface area (Å²) in [4.78, 5) is 0. The van der Waals surface area contributed by atoms with Crippen LogP contribution in [0.15, 0.2) is 36.4 Å². The van der Waals surface area contributed by atoms with Crippen LogP contribution >= 0.6 is 0 Å². The van der Waals surface area contributed by atoms with Gasteiger partial charge >= 0.3 is 0 Å². The zero-order chi connectivity index (χ0) is 20.9. The number of ether oxygens (including phenoxy) is 4. The van der Waals surface area contributed by atoms with Gasteiger partial charge in [0.15, 0.2) is 6.29 Å². The second-order valence-corrected chi connectivity index (χ2v) is 7.80. The number of aliphatic hydroxyl groups is 1. The molecule has 1 fully saturated rings. The molecule has 2 aromatic rings. The molecule has 1 aliphatic heterocycles. The van der Waals surface area contributed by atoms with Gasteiger partial charge in [-0.15, -0.1) is 0 Å². The van der Waals surface area contributed by atoms with Gasteiger partial charge in [-0.25, -0.2) is 4.39 Å². The Labute approximate surface area is 171 Å². The molecular weight excluding hydrogens is 375 g/mol. The highest BCUT2D eigenvalue weighted by atomic mass is 19.1. The summed E-state index contributed by atoms with van der Waals surface area (Å²) in [5.74, 6) is 0.648. The van der Waals surface area contributed by atoms with E-state index in [1.165, 1.54) is 13.2 Å². The van der Waals surface area contributed by atoms with Gasteiger partial charge in [0, 0.05) is 17.7 Å². The number of hydrogen-bond donors (Lipinski definition) is 1. The van der Waals surface area contributed by atoms with Crippen molar-refractivity contribution < 1.29 is 28.4 Å².